The fraction of sp³-hybridized carbons (Fsp3) is 0.882. The normalized spacial score (nSPS) is 46.7. The van der Waals surface area contributed by atoms with Gasteiger partial charge >= 0.3 is 0 Å². The minimum Gasteiger partial charge on any atom is -0.391 e. The maximum absolute atomic E-state index is 10.9. The van der Waals surface area contributed by atoms with Gasteiger partial charge in [0.2, 0.25) is 0 Å². The first-order valence-electron chi connectivity index (χ1n) is 8.29. The molecule has 5 aliphatic rings. The highest BCUT2D eigenvalue weighted by Crippen LogP contribution is 2.61. The van der Waals surface area contributed by atoms with Crippen LogP contribution < -0.4 is 0 Å². The third-order valence-electron chi connectivity index (χ3n) is 6.37. The molecule has 0 saturated heterocycles. The van der Waals surface area contributed by atoms with Crippen LogP contribution in [0.5, 0.6) is 0 Å². The number of aliphatic hydroxyl groups excluding tert-OH is 1. The third kappa shape index (κ3) is 2.17. The van der Waals surface area contributed by atoms with Crippen molar-refractivity contribution in [2.75, 3.05) is 19.6 Å². The highest BCUT2D eigenvalue weighted by molar-refractivity contribution is 5.05. The van der Waals surface area contributed by atoms with E-state index < -0.39 is 0 Å². The van der Waals surface area contributed by atoms with Crippen molar-refractivity contribution < 1.29 is 5.11 Å². The first-order valence-corrected chi connectivity index (χ1v) is 8.29. The van der Waals surface area contributed by atoms with E-state index in [-0.39, 0.29) is 6.10 Å². The van der Waals surface area contributed by atoms with Gasteiger partial charge in [0.1, 0.15) is 0 Å². The van der Waals surface area contributed by atoms with Crippen LogP contribution in [0, 0.1) is 23.2 Å². The zero-order chi connectivity index (χ0) is 12.9. The molecule has 19 heavy (non-hydrogen) atoms. The number of hydrogen-bond donors (Lipinski definition) is 1. The number of nitrogens with zero attached hydrogens (tertiary/aromatic N) is 1. The molecule has 4 saturated carbocycles. The van der Waals surface area contributed by atoms with Crippen LogP contribution in [0.4, 0.5) is 0 Å². The second kappa shape index (κ2) is 4.60. The Balaban J connectivity index is 1.47. The van der Waals surface area contributed by atoms with E-state index in [2.05, 4.69) is 17.1 Å². The molecule has 5 rings (SSSR count). The monoisotopic (exact) mass is 261 g/mol. The molecule has 0 spiro atoms. The summed E-state index contributed by atoms with van der Waals surface area (Å²) in [6.45, 7) is 3.10. The van der Waals surface area contributed by atoms with E-state index in [4.69, 9.17) is 0 Å². The molecule has 0 amide bonds. The summed E-state index contributed by atoms with van der Waals surface area (Å²) in [5, 5.41) is 10.9. The Hall–Kier alpha value is -0.340. The number of rotatable bonds is 3. The lowest BCUT2D eigenvalue weighted by Crippen LogP contribution is -2.54. The van der Waals surface area contributed by atoms with Crippen LogP contribution >= 0.6 is 0 Å². The molecule has 0 radical (unpaired) electrons. The standard InChI is InChI=1S/C17H27NO/c19-16(12-18-4-2-1-3-5-18)17-9-13-6-14(10-17)8-15(7-13)11-17/h1-2,13-16,19H,3-12H2. The fourth-order valence-corrected chi connectivity index (χ4v) is 5.88. The smallest absolute Gasteiger partial charge is 0.0723 e. The summed E-state index contributed by atoms with van der Waals surface area (Å²) < 4.78 is 0. The molecule has 4 bridgehead atoms. The van der Waals surface area contributed by atoms with Gasteiger partial charge in [-0.05, 0) is 68.1 Å². The molecule has 4 fully saturated rings. The van der Waals surface area contributed by atoms with Crippen molar-refractivity contribution in [3.63, 3.8) is 0 Å². The van der Waals surface area contributed by atoms with Crippen LogP contribution in [-0.4, -0.2) is 35.7 Å². The number of β-amino-alcohol motifs (C(OH)–C–C–N with tert-alkyl or cyclic N) is 1. The molecule has 106 valence electrons. The first-order chi connectivity index (χ1) is 9.23. The number of aliphatic hydroxyl groups is 1. The summed E-state index contributed by atoms with van der Waals surface area (Å²) in [7, 11) is 0. The molecule has 2 heteroatoms. The van der Waals surface area contributed by atoms with Gasteiger partial charge in [0.15, 0.2) is 0 Å². The summed E-state index contributed by atoms with van der Waals surface area (Å²) in [5.74, 6) is 2.84. The van der Waals surface area contributed by atoms with Crippen LogP contribution in [0.1, 0.15) is 44.9 Å². The topological polar surface area (TPSA) is 23.5 Å². The molecule has 0 aromatic heterocycles. The second-order valence-corrected chi connectivity index (χ2v) is 7.82. The quantitative estimate of drug-likeness (QED) is 0.790. The SMILES string of the molecule is OC(CN1CC=CCC1)C12CC3CC(CC(C3)C1)C2. The molecular weight excluding hydrogens is 234 g/mol. The zero-order valence-corrected chi connectivity index (χ0v) is 11.9. The Bertz CT molecular complexity index is 340. The molecule has 1 aliphatic heterocycles. The van der Waals surface area contributed by atoms with E-state index in [1.54, 1.807) is 0 Å². The van der Waals surface area contributed by atoms with Gasteiger partial charge in [-0.1, -0.05) is 12.2 Å². The lowest BCUT2D eigenvalue weighted by molar-refractivity contribution is -0.126. The van der Waals surface area contributed by atoms with Gasteiger partial charge in [0.05, 0.1) is 6.10 Å². The van der Waals surface area contributed by atoms with Gasteiger partial charge in [-0.15, -0.1) is 0 Å². The summed E-state index contributed by atoms with van der Waals surface area (Å²) in [6.07, 6.45) is 14.0. The maximum atomic E-state index is 10.9. The Morgan fingerprint density at radius 3 is 2.21 bits per heavy atom. The fourth-order valence-electron chi connectivity index (χ4n) is 5.88. The Morgan fingerprint density at radius 2 is 1.68 bits per heavy atom. The molecule has 1 atom stereocenters. The molecule has 1 N–H and O–H groups in total. The van der Waals surface area contributed by atoms with Gasteiger partial charge in [-0.3, -0.25) is 4.90 Å². The Labute approximate surface area is 116 Å². The first kappa shape index (κ1) is 12.4. The van der Waals surface area contributed by atoms with E-state index in [0.29, 0.717) is 5.41 Å². The minimum absolute atomic E-state index is 0.0765. The predicted octanol–water partition coefficient (Wildman–Crippen LogP) is 2.83. The Morgan fingerprint density at radius 1 is 1.05 bits per heavy atom. The third-order valence-corrected chi connectivity index (χ3v) is 6.37. The zero-order valence-electron chi connectivity index (χ0n) is 11.9. The summed E-state index contributed by atoms with van der Waals surface area (Å²) in [4.78, 5) is 2.45. The van der Waals surface area contributed by atoms with Crippen molar-refractivity contribution in [2.45, 2.75) is 51.0 Å². The van der Waals surface area contributed by atoms with E-state index in [1.807, 2.05) is 0 Å². The van der Waals surface area contributed by atoms with E-state index >= 15 is 0 Å². The molecule has 2 nitrogen and oxygen atoms in total. The van der Waals surface area contributed by atoms with Crippen molar-refractivity contribution in [1.82, 2.24) is 4.90 Å². The minimum atomic E-state index is -0.0765. The maximum Gasteiger partial charge on any atom is 0.0723 e. The van der Waals surface area contributed by atoms with Crippen LogP contribution in [0.3, 0.4) is 0 Å². The summed E-state index contributed by atoms with van der Waals surface area (Å²) in [5.41, 5.74) is 0.301. The average molecular weight is 261 g/mol. The van der Waals surface area contributed by atoms with Crippen molar-refractivity contribution >= 4 is 0 Å². The highest BCUT2D eigenvalue weighted by Gasteiger charge is 2.53. The number of hydrogen-bond acceptors (Lipinski definition) is 2. The summed E-state index contributed by atoms with van der Waals surface area (Å²) >= 11 is 0. The van der Waals surface area contributed by atoms with Gasteiger partial charge in [-0.25, -0.2) is 0 Å². The highest BCUT2D eigenvalue weighted by atomic mass is 16.3. The Kier molecular flexibility index (Phi) is 3.00. The lowest BCUT2D eigenvalue weighted by atomic mass is 9.48. The molecule has 0 aromatic carbocycles. The van der Waals surface area contributed by atoms with E-state index in [9.17, 15) is 5.11 Å². The van der Waals surface area contributed by atoms with Crippen LogP contribution in [0.15, 0.2) is 12.2 Å². The van der Waals surface area contributed by atoms with Crippen LogP contribution in [0.2, 0.25) is 0 Å². The lowest BCUT2D eigenvalue weighted by Gasteiger charge is -2.58. The van der Waals surface area contributed by atoms with E-state index in [1.165, 1.54) is 38.5 Å². The van der Waals surface area contributed by atoms with Gasteiger partial charge < -0.3 is 5.11 Å². The largest absolute Gasteiger partial charge is 0.391 e. The molecule has 1 unspecified atom stereocenters. The summed E-state index contributed by atoms with van der Waals surface area (Å²) in [6, 6.07) is 0. The van der Waals surface area contributed by atoms with Crippen molar-refractivity contribution in [1.29, 1.82) is 0 Å². The van der Waals surface area contributed by atoms with Gasteiger partial charge in [-0.2, -0.15) is 0 Å². The van der Waals surface area contributed by atoms with Gasteiger partial charge in [0.25, 0.3) is 0 Å². The van der Waals surface area contributed by atoms with Crippen molar-refractivity contribution in [3.05, 3.63) is 12.2 Å². The molecular formula is C17H27NO. The molecule has 1 heterocycles. The molecule has 0 aromatic rings. The van der Waals surface area contributed by atoms with Crippen molar-refractivity contribution in [3.8, 4) is 0 Å². The predicted molar refractivity (Wildman–Crippen MR) is 76.8 cm³/mol. The van der Waals surface area contributed by atoms with Crippen LogP contribution in [0.25, 0.3) is 0 Å². The van der Waals surface area contributed by atoms with Crippen molar-refractivity contribution in [2.24, 2.45) is 23.2 Å². The van der Waals surface area contributed by atoms with E-state index in [0.717, 1.165) is 43.8 Å². The average Bonchev–Trinajstić information content (AvgIpc) is 2.38. The van der Waals surface area contributed by atoms with Gasteiger partial charge in [0, 0.05) is 19.6 Å². The molecule has 4 aliphatic carbocycles. The second-order valence-electron chi connectivity index (χ2n) is 7.82. The van der Waals surface area contributed by atoms with Crippen LogP contribution in [-0.2, 0) is 0 Å².